The SMILES string of the molecule is CCOc1ccc(-c2n[nH]c(=S)n2CCC(=O)N2CCCC(C)C2)cc1. The van der Waals surface area contributed by atoms with Gasteiger partial charge in [0.05, 0.1) is 6.61 Å². The van der Waals surface area contributed by atoms with Crippen LogP contribution < -0.4 is 4.74 Å². The number of H-pyrrole nitrogens is 1. The Morgan fingerprint density at radius 2 is 2.15 bits per heavy atom. The van der Waals surface area contributed by atoms with Gasteiger partial charge in [-0.2, -0.15) is 5.10 Å². The predicted octanol–water partition coefficient (Wildman–Crippen LogP) is 3.65. The summed E-state index contributed by atoms with van der Waals surface area (Å²) < 4.78 is 7.92. The van der Waals surface area contributed by atoms with E-state index in [2.05, 4.69) is 17.1 Å². The van der Waals surface area contributed by atoms with E-state index >= 15 is 0 Å². The normalized spacial score (nSPS) is 17.3. The third kappa shape index (κ3) is 4.33. The Morgan fingerprint density at radius 3 is 2.85 bits per heavy atom. The average molecular weight is 375 g/mol. The Kier molecular flexibility index (Phi) is 6.08. The first-order valence-electron chi connectivity index (χ1n) is 9.24. The fourth-order valence-electron chi connectivity index (χ4n) is 3.39. The van der Waals surface area contributed by atoms with E-state index < -0.39 is 0 Å². The van der Waals surface area contributed by atoms with Gasteiger partial charge in [0.2, 0.25) is 5.91 Å². The van der Waals surface area contributed by atoms with E-state index in [4.69, 9.17) is 17.0 Å². The third-order valence-electron chi connectivity index (χ3n) is 4.74. The van der Waals surface area contributed by atoms with Crippen molar-refractivity contribution in [3.05, 3.63) is 29.0 Å². The van der Waals surface area contributed by atoms with Crippen molar-refractivity contribution in [1.29, 1.82) is 0 Å². The van der Waals surface area contributed by atoms with Crippen LogP contribution in [0.2, 0.25) is 0 Å². The van der Waals surface area contributed by atoms with Gasteiger partial charge in [-0.25, -0.2) is 0 Å². The minimum Gasteiger partial charge on any atom is -0.494 e. The second-order valence-electron chi connectivity index (χ2n) is 6.80. The number of aromatic nitrogens is 3. The molecule has 1 amide bonds. The zero-order valence-electron chi connectivity index (χ0n) is 15.4. The largest absolute Gasteiger partial charge is 0.494 e. The van der Waals surface area contributed by atoms with E-state index in [1.165, 1.54) is 6.42 Å². The lowest BCUT2D eigenvalue weighted by molar-refractivity contribution is -0.133. The number of benzene rings is 1. The van der Waals surface area contributed by atoms with Gasteiger partial charge in [-0.15, -0.1) is 0 Å². The van der Waals surface area contributed by atoms with Crippen LogP contribution in [-0.2, 0) is 11.3 Å². The Bertz CT molecular complexity index is 797. The molecule has 1 N–H and O–H groups in total. The van der Waals surface area contributed by atoms with Crippen molar-refractivity contribution >= 4 is 18.1 Å². The first-order valence-corrected chi connectivity index (χ1v) is 9.65. The number of ether oxygens (including phenoxy) is 1. The molecule has 1 aliphatic rings. The van der Waals surface area contributed by atoms with Crippen molar-refractivity contribution in [2.75, 3.05) is 19.7 Å². The molecular weight excluding hydrogens is 348 g/mol. The number of piperidine rings is 1. The maximum atomic E-state index is 12.5. The second kappa shape index (κ2) is 8.49. The van der Waals surface area contributed by atoms with Crippen LogP contribution in [-0.4, -0.2) is 45.3 Å². The summed E-state index contributed by atoms with van der Waals surface area (Å²) in [5.41, 5.74) is 0.944. The zero-order valence-corrected chi connectivity index (χ0v) is 16.2. The van der Waals surface area contributed by atoms with E-state index in [-0.39, 0.29) is 5.91 Å². The summed E-state index contributed by atoms with van der Waals surface area (Å²) in [6.45, 7) is 7.05. The molecule has 26 heavy (non-hydrogen) atoms. The highest BCUT2D eigenvalue weighted by Crippen LogP contribution is 2.22. The van der Waals surface area contributed by atoms with Crippen LogP contribution in [0.4, 0.5) is 0 Å². The van der Waals surface area contributed by atoms with E-state index in [0.29, 0.717) is 30.3 Å². The summed E-state index contributed by atoms with van der Waals surface area (Å²) in [5.74, 6) is 2.35. The van der Waals surface area contributed by atoms with Crippen LogP contribution in [0.1, 0.15) is 33.1 Å². The summed E-state index contributed by atoms with van der Waals surface area (Å²) in [4.78, 5) is 14.5. The molecule has 0 radical (unpaired) electrons. The van der Waals surface area contributed by atoms with E-state index in [1.54, 1.807) is 0 Å². The Labute approximate surface area is 159 Å². The minimum atomic E-state index is 0.192. The van der Waals surface area contributed by atoms with Gasteiger partial charge >= 0.3 is 0 Å². The van der Waals surface area contributed by atoms with Gasteiger partial charge in [0.1, 0.15) is 5.75 Å². The topological polar surface area (TPSA) is 63.1 Å². The highest BCUT2D eigenvalue weighted by Gasteiger charge is 2.21. The molecule has 1 atom stereocenters. The maximum absolute atomic E-state index is 12.5. The van der Waals surface area contributed by atoms with Gasteiger partial charge in [-0.05, 0) is 62.2 Å². The molecule has 140 valence electrons. The highest BCUT2D eigenvalue weighted by atomic mass is 32.1. The number of hydrogen-bond acceptors (Lipinski definition) is 4. The van der Waals surface area contributed by atoms with Crippen LogP contribution in [0.15, 0.2) is 24.3 Å². The second-order valence-corrected chi connectivity index (χ2v) is 7.19. The Balaban J connectivity index is 1.70. The molecular formula is C19H26N4O2S. The lowest BCUT2D eigenvalue weighted by atomic mass is 10.00. The van der Waals surface area contributed by atoms with Crippen LogP contribution in [0.25, 0.3) is 11.4 Å². The molecule has 7 heteroatoms. The summed E-state index contributed by atoms with van der Waals surface area (Å²) in [6, 6.07) is 7.75. The number of aromatic amines is 1. The summed E-state index contributed by atoms with van der Waals surface area (Å²) in [6.07, 6.45) is 2.73. The standard InChI is InChI=1S/C19H26N4O2S/c1-3-25-16-8-6-15(7-9-16)18-20-21-19(26)23(18)12-10-17(24)22-11-4-5-14(2)13-22/h6-9,14H,3-5,10-13H2,1-2H3,(H,21,26). The van der Waals surface area contributed by atoms with Crippen LogP contribution in [0.3, 0.4) is 0 Å². The number of nitrogens with one attached hydrogen (secondary N) is 1. The van der Waals surface area contributed by atoms with Gasteiger partial charge in [-0.1, -0.05) is 6.92 Å². The molecule has 2 heterocycles. The van der Waals surface area contributed by atoms with Gasteiger partial charge in [-0.3, -0.25) is 14.5 Å². The zero-order chi connectivity index (χ0) is 18.5. The quantitative estimate of drug-likeness (QED) is 0.784. The number of carbonyl (C=O) groups is 1. The average Bonchev–Trinajstić information content (AvgIpc) is 3.01. The summed E-state index contributed by atoms with van der Waals surface area (Å²) in [5, 5.41) is 7.19. The molecule has 0 bridgehead atoms. The molecule has 6 nitrogen and oxygen atoms in total. The van der Waals surface area contributed by atoms with Gasteiger partial charge in [0, 0.05) is 31.6 Å². The number of likely N-dealkylation sites (tertiary alicyclic amines) is 1. The lowest BCUT2D eigenvalue weighted by Gasteiger charge is -2.31. The molecule has 3 rings (SSSR count). The van der Waals surface area contributed by atoms with Crippen molar-refractivity contribution < 1.29 is 9.53 Å². The smallest absolute Gasteiger partial charge is 0.224 e. The van der Waals surface area contributed by atoms with E-state index in [0.717, 1.165) is 36.6 Å². The number of amides is 1. The van der Waals surface area contributed by atoms with Crippen molar-refractivity contribution in [2.45, 2.75) is 39.7 Å². The highest BCUT2D eigenvalue weighted by molar-refractivity contribution is 7.71. The van der Waals surface area contributed by atoms with E-state index in [1.807, 2.05) is 40.7 Å². The molecule has 1 aromatic carbocycles. The van der Waals surface area contributed by atoms with Crippen LogP contribution >= 0.6 is 12.2 Å². The molecule has 0 aliphatic carbocycles. The van der Waals surface area contributed by atoms with Gasteiger partial charge in [0.25, 0.3) is 0 Å². The van der Waals surface area contributed by atoms with Gasteiger partial charge < -0.3 is 9.64 Å². The molecule has 1 aliphatic heterocycles. The van der Waals surface area contributed by atoms with Crippen molar-refractivity contribution in [2.24, 2.45) is 5.92 Å². The summed E-state index contributed by atoms with van der Waals surface area (Å²) >= 11 is 5.36. The van der Waals surface area contributed by atoms with Crippen molar-refractivity contribution in [3.63, 3.8) is 0 Å². The molecule has 1 saturated heterocycles. The molecule has 1 aromatic heterocycles. The molecule has 2 aromatic rings. The molecule has 1 unspecified atom stereocenters. The minimum absolute atomic E-state index is 0.192. The summed E-state index contributed by atoms with van der Waals surface area (Å²) in [7, 11) is 0. The monoisotopic (exact) mass is 374 g/mol. The van der Waals surface area contributed by atoms with Crippen molar-refractivity contribution in [3.8, 4) is 17.1 Å². The van der Waals surface area contributed by atoms with Crippen LogP contribution in [0, 0.1) is 10.7 Å². The third-order valence-corrected chi connectivity index (χ3v) is 5.05. The molecule has 0 saturated carbocycles. The first kappa shape index (κ1) is 18.6. The molecule has 1 fully saturated rings. The Morgan fingerprint density at radius 1 is 1.38 bits per heavy atom. The number of hydrogen-bond donors (Lipinski definition) is 1. The van der Waals surface area contributed by atoms with Crippen molar-refractivity contribution in [1.82, 2.24) is 19.7 Å². The predicted molar refractivity (Wildman–Crippen MR) is 104 cm³/mol. The van der Waals surface area contributed by atoms with Gasteiger partial charge in [0.15, 0.2) is 10.6 Å². The van der Waals surface area contributed by atoms with Crippen LogP contribution in [0.5, 0.6) is 5.75 Å². The lowest BCUT2D eigenvalue weighted by Crippen LogP contribution is -2.39. The van der Waals surface area contributed by atoms with E-state index in [9.17, 15) is 4.79 Å². The fraction of sp³-hybridized carbons (Fsp3) is 0.526. The number of carbonyl (C=O) groups excluding carboxylic acids is 1. The number of rotatable bonds is 6. The Hall–Kier alpha value is -2.15. The molecule has 0 spiro atoms. The number of nitrogens with zero attached hydrogens (tertiary/aromatic N) is 3. The fourth-order valence-corrected chi connectivity index (χ4v) is 3.62. The first-order chi connectivity index (χ1) is 12.6. The maximum Gasteiger partial charge on any atom is 0.224 e.